The van der Waals surface area contributed by atoms with Crippen molar-refractivity contribution in [1.29, 1.82) is 0 Å². The Bertz CT molecular complexity index is 766. The van der Waals surface area contributed by atoms with Gasteiger partial charge in [-0.3, -0.25) is 0 Å². The molecule has 21 heavy (non-hydrogen) atoms. The van der Waals surface area contributed by atoms with Crippen molar-refractivity contribution in [1.82, 2.24) is 4.98 Å². The molecule has 0 amide bonds. The van der Waals surface area contributed by atoms with Gasteiger partial charge in [0.15, 0.2) is 5.56 Å². The molecule has 3 rings (SSSR count). The summed E-state index contributed by atoms with van der Waals surface area (Å²) in [5.41, 5.74) is 1.01. The highest BCUT2D eigenvalue weighted by Crippen LogP contribution is 2.30. The van der Waals surface area contributed by atoms with Crippen LogP contribution in [-0.2, 0) is 11.2 Å². The zero-order chi connectivity index (χ0) is 14.8. The highest BCUT2D eigenvalue weighted by molar-refractivity contribution is 6.19. The maximum absolute atomic E-state index is 6.13. The Morgan fingerprint density at radius 3 is 2.67 bits per heavy atom. The Kier molecular flexibility index (Phi) is 3.95. The van der Waals surface area contributed by atoms with Crippen molar-refractivity contribution in [3.63, 3.8) is 0 Å². The Labute approximate surface area is 128 Å². The van der Waals surface area contributed by atoms with Gasteiger partial charge in [-0.1, -0.05) is 48.9 Å². The van der Waals surface area contributed by atoms with E-state index in [2.05, 4.69) is 29.2 Å². The lowest BCUT2D eigenvalue weighted by atomic mass is 10.1. The van der Waals surface area contributed by atoms with Gasteiger partial charge in [-0.15, -0.1) is 0 Å². The molecule has 1 unspecified atom stereocenters. The maximum atomic E-state index is 6.13. The van der Waals surface area contributed by atoms with Crippen LogP contribution in [0.3, 0.4) is 0 Å². The molecule has 0 fully saturated rings. The molecule has 0 aliphatic heterocycles. The van der Waals surface area contributed by atoms with E-state index in [0.717, 1.165) is 23.1 Å². The van der Waals surface area contributed by atoms with E-state index in [4.69, 9.17) is 20.8 Å². The Hall–Kier alpha value is -1.84. The molecule has 1 atom stereocenters. The smallest absolute Gasteiger partial charge is 0.226 e. The molecular formula is C17H16ClNO2. The van der Waals surface area contributed by atoms with Gasteiger partial charge in [0.05, 0.1) is 0 Å². The highest BCUT2D eigenvalue weighted by atomic mass is 35.5. The predicted molar refractivity (Wildman–Crippen MR) is 84.4 cm³/mol. The zero-order valence-electron chi connectivity index (χ0n) is 12.0. The number of aryl methyl sites for hydroxylation is 1. The summed E-state index contributed by atoms with van der Waals surface area (Å²) < 4.78 is 11.0. The van der Waals surface area contributed by atoms with Crippen LogP contribution in [0.1, 0.15) is 23.9 Å². The van der Waals surface area contributed by atoms with Gasteiger partial charge in [0.1, 0.15) is 11.5 Å². The molecule has 0 spiro atoms. The first-order valence-corrected chi connectivity index (χ1v) is 7.32. The van der Waals surface area contributed by atoms with Crippen LogP contribution < -0.4 is 0 Å². The van der Waals surface area contributed by atoms with Crippen molar-refractivity contribution in [2.24, 2.45) is 0 Å². The monoisotopic (exact) mass is 301 g/mol. The number of benzene rings is 2. The number of ether oxygens (including phenoxy) is 1. The first-order chi connectivity index (χ1) is 10.2. The molecule has 0 aliphatic rings. The predicted octanol–water partition coefficient (Wildman–Crippen LogP) is 4.94. The van der Waals surface area contributed by atoms with E-state index in [1.165, 1.54) is 5.39 Å². The Morgan fingerprint density at radius 2 is 1.95 bits per heavy atom. The Balaban J connectivity index is 2.07. The van der Waals surface area contributed by atoms with E-state index in [1.807, 2.05) is 25.1 Å². The van der Waals surface area contributed by atoms with Crippen LogP contribution in [0.5, 0.6) is 0 Å². The second kappa shape index (κ2) is 5.88. The summed E-state index contributed by atoms with van der Waals surface area (Å²) in [7, 11) is 1.56. The van der Waals surface area contributed by atoms with Gasteiger partial charge < -0.3 is 9.15 Å². The minimum atomic E-state index is -0.585. The van der Waals surface area contributed by atoms with E-state index in [9.17, 15) is 0 Å². The summed E-state index contributed by atoms with van der Waals surface area (Å²) in [6.45, 7) is 2.01. The fourth-order valence-electron chi connectivity index (χ4n) is 2.35. The van der Waals surface area contributed by atoms with Gasteiger partial charge in [0.25, 0.3) is 0 Å². The number of methoxy groups -OCH3 is 1. The second-order valence-electron chi connectivity index (χ2n) is 4.79. The average molecular weight is 302 g/mol. The number of hydrogen-bond acceptors (Lipinski definition) is 3. The molecule has 0 radical (unpaired) electrons. The van der Waals surface area contributed by atoms with Gasteiger partial charge in [-0.2, -0.15) is 0 Å². The zero-order valence-corrected chi connectivity index (χ0v) is 12.7. The van der Waals surface area contributed by atoms with E-state index < -0.39 is 5.56 Å². The molecule has 4 heteroatoms. The fraction of sp³-hybridized carbons (Fsp3) is 0.235. The number of nitrogens with zero attached hydrogens (tertiary/aromatic N) is 1. The summed E-state index contributed by atoms with van der Waals surface area (Å²) >= 11 is 6.13. The average Bonchev–Trinajstić information content (AvgIpc) is 2.98. The third-order valence-electron chi connectivity index (χ3n) is 3.47. The number of aromatic nitrogens is 1. The maximum Gasteiger partial charge on any atom is 0.226 e. The van der Waals surface area contributed by atoms with Crippen LogP contribution >= 0.6 is 11.6 Å². The molecule has 0 saturated carbocycles. The van der Waals surface area contributed by atoms with Gasteiger partial charge >= 0.3 is 0 Å². The number of rotatable bonds is 4. The van der Waals surface area contributed by atoms with E-state index in [-0.39, 0.29) is 0 Å². The standard InChI is InChI=1S/C17H16ClNO2/c1-3-14-15(16(18)20-2)19-17(21-14)13-9-8-11-6-4-5-7-12(11)10-13/h4-10,16H,3H2,1-2H3. The van der Waals surface area contributed by atoms with Crippen LogP contribution in [0.15, 0.2) is 46.9 Å². The third-order valence-corrected chi connectivity index (χ3v) is 3.85. The van der Waals surface area contributed by atoms with Crippen molar-refractivity contribution >= 4 is 22.4 Å². The first-order valence-electron chi connectivity index (χ1n) is 6.88. The molecule has 3 aromatic rings. The number of fused-ring (bicyclic) bond motifs is 1. The van der Waals surface area contributed by atoms with Crippen LogP contribution in [0.4, 0.5) is 0 Å². The number of oxazole rings is 1. The van der Waals surface area contributed by atoms with Crippen molar-refractivity contribution < 1.29 is 9.15 Å². The number of hydrogen-bond donors (Lipinski definition) is 0. The molecule has 1 heterocycles. The van der Waals surface area contributed by atoms with Crippen molar-refractivity contribution in [2.75, 3.05) is 7.11 Å². The van der Waals surface area contributed by atoms with Crippen LogP contribution in [0.25, 0.3) is 22.2 Å². The first kappa shape index (κ1) is 14.1. The van der Waals surface area contributed by atoms with Crippen LogP contribution in [0.2, 0.25) is 0 Å². The molecular weight excluding hydrogens is 286 g/mol. The minimum absolute atomic E-state index is 0.579. The van der Waals surface area contributed by atoms with E-state index in [1.54, 1.807) is 7.11 Å². The minimum Gasteiger partial charge on any atom is -0.441 e. The fourth-order valence-corrected chi connectivity index (χ4v) is 2.52. The molecule has 2 aromatic carbocycles. The molecule has 0 bridgehead atoms. The van der Waals surface area contributed by atoms with Gasteiger partial charge in [-0.05, 0) is 22.9 Å². The number of halogens is 1. The normalized spacial score (nSPS) is 12.7. The van der Waals surface area contributed by atoms with Crippen LogP contribution in [-0.4, -0.2) is 12.1 Å². The van der Waals surface area contributed by atoms with E-state index >= 15 is 0 Å². The number of alkyl halides is 1. The molecule has 0 aliphatic carbocycles. The lowest BCUT2D eigenvalue weighted by Gasteiger charge is -2.03. The molecule has 3 nitrogen and oxygen atoms in total. The summed E-state index contributed by atoms with van der Waals surface area (Å²) in [5.74, 6) is 1.34. The van der Waals surface area contributed by atoms with Gasteiger partial charge in [0, 0.05) is 19.1 Å². The van der Waals surface area contributed by atoms with Crippen molar-refractivity contribution in [3.05, 3.63) is 53.9 Å². The lowest BCUT2D eigenvalue weighted by Crippen LogP contribution is -1.96. The molecule has 0 saturated heterocycles. The highest BCUT2D eigenvalue weighted by Gasteiger charge is 2.19. The third kappa shape index (κ3) is 2.67. The van der Waals surface area contributed by atoms with Crippen LogP contribution in [0, 0.1) is 0 Å². The van der Waals surface area contributed by atoms with E-state index in [0.29, 0.717) is 11.6 Å². The second-order valence-corrected chi connectivity index (χ2v) is 5.19. The summed E-state index contributed by atoms with van der Waals surface area (Å²) in [6.07, 6.45) is 0.725. The molecule has 108 valence electrons. The lowest BCUT2D eigenvalue weighted by molar-refractivity contribution is 0.165. The summed E-state index contributed by atoms with van der Waals surface area (Å²) in [4.78, 5) is 4.51. The molecule has 0 N–H and O–H groups in total. The molecule has 1 aromatic heterocycles. The largest absolute Gasteiger partial charge is 0.441 e. The van der Waals surface area contributed by atoms with Crippen molar-refractivity contribution in [2.45, 2.75) is 18.9 Å². The summed E-state index contributed by atoms with van der Waals surface area (Å²) in [5, 5.41) is 2.35. The topological polar surface area (TPSA) is 35.3 Å². The Morgan fingerprint density at radius 1 is 1.19 bits per heavy atom. The van der Waals surface area contributed by atoms with Crippen molar-refractivity contribution in [3.8, 4) is 11.5 Å². The SMILES string of the molecule is CCc1oc(-c2ccc3ccccc3c2)nc1C(Cl)OC. The summed E-state index contributed by atoms with van der Waals surface area (Å²) in [6, 6.07) is 14.3. The quantitative estimate of drug-likeness (QED) is 0.640. The van der Waals surface area contributed by atoms with Gasteiger partial charge in [-0.25, -0.2) is 4.98 Å². The van der Waals surface area contributed by atoms with Gasteiger partial charge in [0.2, 0.25) is 5.89 Å².